The minimum absolute atomic E-state index is 0.541. The number of hydrogen-bond acceptors (Lipinski definition) is 5. The summed E-state index contributed by atoms with van der Waals surface area (Å²) in [5.41, 5.74) is 3.46. The second-order valence-corrected chi connectivity index (χ2v) is 5.88. The Hall–Kier alpha value is -2.96. The lowest BCUT2D eigenvalue weighted by atomic mass is 10.2. The first-order chi connectivity index (χ1) is 11.2. The highest BCUT2D eigenvalue weighted by Gasteiger charge is 2.11. The van der Waals surface area contributed by atoms with E-state index in [-0.39, 0.29) is 0 Å². The van der Waals surface area contributed by atoms with Crippen molar-refractivity contribution in [3.63, 3.8) is 0 Å². The molecule has 0 radical (unpaired) electrons. The molecule has 4 aromatic rings. The maximum absolute atomic E-state index is 4.57. The minimum atomic E-state index is 0.541. The SMILES string of the molecule is CC(C)CNc1ncc2c(-c3ccc4nccn4n3)c[nH]c2n1. The van der Waals surface area contributed by atoms with Crippen molar-refractivity contribution in [2.24, 2.45) is 5.92 Å². The van der Waals surface area contributed by atoms with Crippen LogP contribution >= 0.6 is 0 Å². The van der Waals surface area contributed by atoms with E-state index in [0.717, 1.165) is 34.5 Å². The van der Waals surface area contributed by atoms with Crippen LogP contribution in [0.5, 0.6) is 0 Å². The Kier molecular flexibility index (Phi) is 3.18. The standard InChI is InChI=1S/C16H17N7/c1-10(2)7-19-16-20-9-12-11(8-18-15(12)21-16)13-3-4-14-17-5-6-23(14)22-13/h3-6,8-10H,7H2,1-2H3,(H2,18,19,20,21). The molecule has 4 rings (SSSR count). The van der Waals surface area contributed by atoms with E-state index in [1.807, 2.05) is 30.7 Å². The molecule has 7 heteroatoms. The molecule has 0 aromatic carbocycles. The molecule has 2 N–H and O–H groups in total. The topological polar surface area (TPSA) is 83.8 Å². The molecular weight excluding hydrogens is 290 g/mol. The van der Waals surface area contributed by atoms with E-state index >= 15 is 0 Å². The zero-order valence-corrected chi connectivity index (χ0v) is 13.0. The number of rotatable bonds is 4. The number of nitrogens with zero attached hydrogens (tertiary/aromatic N) is 5. The van der Waals surface area contributed by atoms with E-state index in [2.05, 4.69) is 44.2 Å². The molecule has 116 valence electrons. The van der Waals surface area contributed by atoms with Crippen LogP contribution in [0.4, 0.5) is 5.95 Å². The first-order valence-electron chi connectivity index (χ1n) is 7.59. The van der Waals surface area contributed by atoms with Crippen LogP contribution in [0.15, 0.2) is 36.9 Å². The molecule has 4 aromatic heterocycles. The van der Waals surface area contributed by atoms with Gasteiger partial charge < -0.3 is 10.3 Å². The quantitative estimate of drug-likeness (QED) is 0.605. The second kappa shape index (κ2) is 5.35. The van der Waals surface area contributed by atoms with Crippen molar-refractivity contribution in [2.75, 3.05) is 11.9 Å². The van der Waals surface area contributed by atoms with Crippen LogP contribution in [0.3, 0.4) is 0 Å². The van der Waals surface area contributed by atoms with Gasteiger partial charge in [0, 0.05) is 42.3 Å². The van der Waals surface area contributed by atoms with Crippen LogP contribution in [-0.4, -0.2) is 36.1 Å². The lowest BCUT2D eigenvalue weighted by Crippen LogP contribution is -2.10. The Balaban J connectivity index is 1.72. The summed E-state index contributed by atoms with van der Waals surface area (Å²) in [6, 6.07) is 3.90. The fourth-order valence-electron chi connectivity index (χ4n) is 2.46. The molecule has 0 spiro atoms. The number of anilines is 1. The molecule has 0 fully saturated rings. The van der Waals surface area contributed by atoms with Crippen molar-refractivity contribution in [2.45, 2.75) is 13.8 Å². The van der Waals surface area contributed by atoms with Crippen LogP contribution in [-0.2, 0) is 0 Å². The summed E-state index contributed by atoms with van der Waals surface area (Å²) in [7, 11) is 0. The summed E-state index contributed by atoms with van der Waals surface area (Å²) in [4.78, 5) is 16.3. The third-order valence-electron chi connectivity index (χ3n) is 3.63. The predicted octanol–water partition coefficient (Wildman–Crippen LogP) is 2.74. The van der Waals surface area contributed by atoms with Gasteiger partial charge in [0.25, 0.3) is 0 Å². The van der Waals surface area contributed by atoms with E-state index in [1.54, 1.807) is 10.7 Å². The number of fused-ring (bicyclic) bond motifs is 2. The highest BCUT2D eigenvalue weighted by Crippen LogP contribution is 2.26. The molecular formula is C16H17N7. The Morgan fingerprint density at radius 3 is 3.04 bits per heavy atom. The molecule has 0 saturated carbocycles. The Morgan fingerprint density at radius 1 is 1.26 bits per heavy atom. The predicted molar refractivity (Wildman–Crippen MR) is 89.2 cm³/mol. The summed E-state index contributed by atoms with van der Waals surface area (Å²) < 4.78 is 1.76. The first kappa shape index (κ1) is 13.7. The lowest BCUT2D eigenvalue weighted by Gasteiger charge is -2.06. The van der Waals surface area contributed by atoms with Crippen LogP contribution in [0.2, 0.25) is 0 Å². The van der Waals surface area contributed by atoms with Gasteiger partial charge in [0.15, 0.2) is 5.65 Å². The molecule has 23 heavy (non-hydrogen) atoms. The molecule has 0 bridgehead atoms. The smallest absolute Gasteiger partial charge is 0.224 e. The fourth-order valence-corrected chi connectivity index (χ4v) is 2.46. The zero-order chi connectivity index (χ0) is 15.8. The van der Waals surface area contributed by atoms with Gasteiger partial charge in [-0.25, -0.2) is 14.5 Å². The minimum Gasteiger partial charge on any atom is -0.354 e. The van der Waals surface area contributed by atoms with Gasteiger partial charge in [0.1, 0.15) is 5.65 Å². The molecule has 4 heterocycles. The van der Waals surface area contributed by atoms with Crippen LogP contribution < -0.4 is 5.32 Å². The normalized spacial score (nSPS) is 11.6. The maximum Gasteiger partial charge on any atom is 0.224 e. The molecule has 0 saturated heterocycles. The number of H-pyrrole nitrogens is 1. The maximum atomic E-state index is 4.57. The molecule has 7 nitrogen and oxygen atoms in total. The fraction of sp³-hybridized carbons (Fsp3) is 0.250. The molecule has 0 atom stereocenters. The van der Waals surface area contributed by atoms with E-state index in [1.165, 1.54) is 0 Å². The highest BCUT2D eigenvalue weighted by molar-refractivity contribution is 5.92. The Bertz CT molecular complexity index is 967. The average molecular weight is 307 g/mol. The first-order valence-corrected chi connectivity index (χ1v) is 7.59. The van der Waals surface area contributed by atoms with Gasteiger partial charge >= 0.3 is 0 Å². The van der Waals surface area contributed by atoms with Crippen LogP contribution in [0.25, 0.3) is 27.9 Å². The van der Waals surface area contributed by atoms with Gasteiger partial charge in [-0.2, -0.15) is 10.1 Å². The third-order valence-corrected chi connectivity index (χ3v) is 3.63. The monoisotopic (exact) mass is 307 g/mol. The molecule has 0 amide bonds. The number of aromatic nitrogens is 6. The van der Waals surface area contributed by atoms with Gasteiger partial charge in [-0.15, -0.1) is 0 Å². The summed E-state index contributed by atoms with van der Waals surface area (Å²) in [5, 5.41) is 8.76. The van der Waals surface area contributed by atoms with Crippen molar-refractivity contribution in [1.29, 1.82) is 0 Å². The number of nitrogens with one attached hydrogen (secondary N) is 2. The summed E-state index contributed by atoms with van der Waals surface area (Å²) in [6.45, 7) is 5.14. The lowest BCUT2D eigenvalue weighted by molar-refractivity contribution is 0.685. The van der Waals surface area contributed by atoms with Crippen molar-refractivity contribution in [3.8, 4) is 11.3 Å². The van der Waals surface area contributed by atoms with Crippen molar-refractivity contribution >= 4 is 22.6 Å². The van der Waals surface area contributed by atoms with Gasteiger partial charge in [-0.3, -0.25) is 0 Å². The summed E-state index contributed by atoms with van der Waals surface area (Å²) >= 11 is 0. The number of imidazole rings is 1. The Labute approximate surface area is 132 Å². The van der Waals surface area contributed by atoms with E-state index < -0.39 is 0 Å². The zero-order valence-electron chi connectivity index (χ0n) is 13.0. The molecule has 0 aliphatic heterocycles. The van der Waals surface area contributed by atoms with Gasteiger partial charge in [0.2, 0.25) is 5.95 Å². The largest absolute Gasteiger partial charge is 0.354 e. The van der Waals surface area contributed by atoms with Crippen LogP contribution in [0, 0.1) is 5.92 Å². The summed E-state index contributed by atoms with van der Waals surface area (Å²) in [6.07, 6.45) is 7.31. The van der Waals surface area contributed by atoms with Crippen molar-refractivity contribution < 1.29 is 0 Å². The molecule has 0 unspecified atom stereocenters. The van der Waals surface area contributed by atoms with Gasteiger partial charge in [0.05, 0.1) is 5.69 Å². The molecule has 0 aliphatic carbocycles. The number of aromatic amines is 1. The number of hydrogen-bond donors (Lipinski definition) is 2. The molecule has 0 aliphatic rings. The summed E-state index contributed by atoms with van der Waals surface area (Å²) in [5.74, 6) is 1.18. The second-order valence-electron chi connectivity index (χ2n) is 5.88. The van der Waals surface area contributed by atoms with Crippen LogP contribution in [0.1, 0.15) is 13.8 Å². The highest BCUT2D eigenvalue weighted by atomic mass is 15.2. The van der Waals surface area contributed by atoms with Gasteiger partial charge in [-0.1, -0.05) is 13.8 Å². The van der Waals surface area contributed by atoms with E-state index in [4.69, 9.17) is 0 Å². The average Bonchev–Trinajstić information content (AvgIpc) is 3.18. The van der Waals surface area contributed by atoms with Crippen molar-refractivity contribution in [3.05, 3.63) is 36.9 Å². The van der Waals surface area contributed by atoms with E-state index in [9.17, 15) is 0 Å². The van der Waals surface area contributed by atoms with E-state index in [0.29, 0.717) is 11.9 Å². The third kappa shape index (κ3) is 2.50. The van der Waals surface area contributed by atoms with Crippen molar-refractivity contribution in [1.82, 2.24) is 29.5 Å². The Morgan fingerprint density at radius 2 is 2.17 bits per heavy atom. The van der Waals surface area contributed by atoms with Gasteiger partial charge in [-0.05, 0) is 18.1 Å².